The molecule has 3 rings (SSSR count). The average Bonchev–Trinajstić information content (AvgIpc) is 2.66. The summed E-state index contributed by atoms with van der Waals surface area (Å²) in [6, 6.07) is 7.46. The molecule has 7 heteroatoms. The van der Waals surface area contributed by atoms with Gasteiger partial charge in [-0.05, 0) is 91.6 Å². The van der Waals surface area contributed by atoms with Crippen molar-refractivity contribution >= 4 is 21.8 Å². The number of likely N-dealkylation sites (tertiary alicyclic amines) is 1. The number of amides is 1. The van der Waals surface area contributed by atoms with Crippen molar-refractivity contribution in [1.82, 2.24) is 15.2 Å². The first-order valence-electron chi connectivity index (χ1n) is 9.07. The van der Waals surface area contributed by atoms with E-state index in [0.29, 0.717) is 28.2 Å². The van der Waals surface area contributed by atoms with Crippen LogP contribution in [0.1, 0.15) is 29.6 Å². The Morgan fingerprint density at radius 2 is 2.15 bits per heavy atom. The van der Waals surface area contributed by atoms with E-state index >= 15 is 0 Å². The summed E-state index contributed by atoms with van der Waals surface area (Å²) in [7, 11) is 2.14. The number of rotatable bonds is 6. The first-order valence-corrected chi connectivity index (χ1v) is 9.87. The monoisotopic (exact) mass is 435 g/mol. The number of nitrogens with zero attached hydrogens (tertiary/aromatic N) is 2. The number of carbonyl (C=O) groups excluding carboxylic acids is 1. The van der Waals surface area contributed by atoms with Gasteiger partial charge in [-0.1, -0.05) is 0 Å². The number of hydrogen-bond donors (Lipinski definition) is 1. The molecule has 0 bridgehead atoms. The van der Waals surface area contributed by atoms with Crippen LogP contribution < -0.4 is 10.1 Å². The fraction of sp³-hybridized carbons (Fsp3) is 0.400. The Morgan fingerprint density at radius 1 is 1.37 bits per heavy atom. The van der Waals surface area contributed by atoms with Crippen LogP contribution in [0.3, 0.4) is 0 Å². The summed E-state index contributed by atoms with van der Waals surface area (Å²) < 4.78 is 19.4. The maximum atomic E-state index is 13.2. The summed E-state index contributed by atoms with van der Waals surface area (Å²) >= 11 is 3.26. The smallest absolute Gasteiger partial charge is 0.256 e. The van der Waals surface area contributed by atoms with E-state index in [0.717, 1.165) is 19.5 Å². The number of benzene rings is 1. The Bertz CT molecular complexity index is 795. The summed E-state index contributed by atoms with van der Waals surface area (Å²) in [6.45, 7) is 2.86. The summed E-state index contributed by atoms with van der Waals surface area (Å²) in [4.78, 5) is 19.1. The van der Waals surface area contributed by atoms with Gasteiger partial charge in [-0.3, -0.25) is 4.79 Å². The highest BCUT2D eigenvalue weighted by atomic mass is 79.9. The molecule has 27 heavy (non-hydrogen) atoms. The van der Waals surface area contributed by atoms with Crippen molar-refractivity contribution < 1.29 is 13.9 Å². The number of hydrogen-bond acceptors (Lipinski definition) is 4. The molecule has 0 atom stereocenters. The highest BCUT2D eigenvalue weighted by molar-refractivity contribution is 9.10. The topological polar surface area (TPSA) is 54.5 Å². The minimum absolute atomic E-state index is 0.196. The lowest BCUT2D eigenvalue weighted by atomic mass is 9.94. The van der Waals surface area contributed by atoms with Crippen LogP contribution in [0.15, 0.2) is 41.0 Å². The molecule has 2 heterocycles. The van der Waals surface area contributed by atoms with Gasteiger partial charge < -0.3 is 15.0 Å². The lowest BCUT2D eigenvalue weighted by Crippen LogP contribution is -2.32. The van der Waals surface area contributed by atoms with Gasteiger partial charge >= 0.3 is 0 Å². The Morgan fingerprint density at radius 3 is 2.89 bits per heavy atom. The van der Waals surface area contributed by atoms with Gasteiger partial charge in [0, 0.05) is 12.7 Å². The van der Waals surface area contributed by atoms with Gasteiger partial charge in [0.2, 0.25) is 5.88 Å². The van der Waals surface area contributed by atoms with Crippen LogP contribution in [-0.2, 0) is 0 Å². The molecule has 1 fully saturated rings. The normalized spacial score (nSPS) is 15.5. The third kappa shape index (κ3) is 5.49. The number of halogens is 2. The molecule has 0 aliphatic carbocycles. The second-order valence-corrected chi connectivity index (χ2v) is 7.68. The number of carbonyl (C=O) groups is 1. The SMILES string of the molecule is CN1CCC(CCNC(=O)c2cccnc2Oc2ccc(F)cc2Br)CC1. The highest BCUT2D eigenvalue weighted by Crippen LogP contribution is 2.30. The lowest BCUT2D eigenvalue weighted by Gasteiger charge is -2.28. The van der Waals surface area contributed by atoms with Crippen LogP contribution in [0.2, 0.25) is 0 Å². The summed E-state index contributed by atoms with van der Waals surface area (Å²) in [5, 5.41) is 2.96. The number of ether oxygens (including phenoxy) is 1. The zero-order valence-electron chi connectivity index (χ0n) is 15.3. The maximum Gasteiger partial charge on any atom is 0.256 e. The quantitative estimate of drug-likeness (QED) is 0.736. The lowest BCUT2D eigenvalue weighted by molar-refractivity contribution is 0.0946. The molecule has 0 spiro atoms. The molecule has 1 saturated heterocycles. The van der Waals surface area contributed by atoms with E-state index in [2.05, 4.69) is 38.2 Å². The zero-order chi connectivity index (χ0) is 19.2. The van der Waals surface area contributed by atoms with Crippen molar-refractivity contribution in [2.45, 2.75) is 19.3 Å². The van der Waals surface area contributed by atoms with Crippen LogP contribution in [0.25, 0.3) is 0 Å². The van der Waals surface area contributed by atoms with Crippen LogP contribution in [-0.4, -0.2) is 42.5 Å². The fourth-order valence-corrected chi connectivity index (χ4v) is 3.57. The standard InChI is InChI=1S/C20H23BrFN3O2/c1-25-11-7-14(8-12-25)6-10-23-19(26)16-3-2-9-24-20(16)27-18-5-4-15(22)13-17(18)21/h2-5,9,13-14H,6-8,10-12H2,1H3,(H,23,26). The number of piperidine rings is 1. The van der Waals surface area contributed by atoms with E-state index in [1.54, 1.807) is 18.3 Å². The molecule has 1 N–H and O–H groups in total. The van der Waals surface area contributed by atoms with Gasteiger partial charge in [0.05, 0.1) is 4.47 Å². The van der Waals surface area contributed by atoms with Crippen LogP contribution in [0.5, 0.6) is 11.6 Å². The third-order valence-electron chi connectivity index (χ3n) is 4.79. The van der Waals surface area contributed by atoms with E-state index in [1.165, 1.54) is 31.0 Å². The first kappa shape index (κ1) is 19.8. The van der Waals surface area contributed by atoms with E-state index in [-0.39, 0.29) is 17.6 Å². The van der Waals surface area contributed by atoms with Crippen molar-refractivity contribution in [3.63, 3.8) is 0 Å². The van der Waals surface area contributed by atoms with E-state index in [9.17, 15) is 9.18 Å². The van der Waals surface area contributed by atoms with Gasteiger partial charge in [-0.2, -0.15) is 0 Å². The molecule has 1 aromatic carbocycles. The van der Waals surface area contributed by atoms with Gasteiger partial charge in [0.15, 0.2) is 0 Å². The Hall–Kier alpha value is -1.99. The summed E-state index contributed by atoms with van der Waals surface area (Å²) in [5.41, 5.74) is 0.358. The molecule has 0 unspecified atom stereocenters. The molecule has 1 amide bonds. The molecule has 1 aromatic heterocycles. The molecule has 1 aliphatic rings. The predicted molar refractivity (Wildman–Crippen MR) is 106 cm³/mol. The first-order chi connectivity index (χ1) is 13.0. The van der Waals surface area contributed by atoms with Crippen molar-refractivity contribution in [2.75, 3.05) is 26.7 Å². The molecular weight excluding hydrogens is 413 g/mol. The molecule has 144 valence electrons. The molecule has 5 nitrogen and oxygen atoms in total. The van der Waals surface area contributed by atoms with Crippen molar-refractivity contribution in [3.8, 4) is 11.6 Å². The van der Waals surface area contributed by atoms with Crippen LogP contribution >= 0.6 is 15.9 Å². The van der Waals surface area contributed by atoms with Gasteiger partial charge in [0.25, 0.3) is 5.91 Å². The number of aromatic nitrogens is 1. The van der Waals surface area contributed by atoms with E-state index in [1.807, 2.05) is 0 Å². The molecular formula is C20H23BrFN3O2. The molecule has 1 aliphatic heterocycles. The van der Waals surface area contributed by atoms with Crippen molar-refractivity contribution in [3.05, 3.63) is 52.4 Å². The largest absolute Gasteiger partial charge is 0.437 e. The Kier molecular flexibility index (Phi) is 6.79. The molecule has 0 saturated carbocycles. The fourth-order valence-electron chi connectivity index (χ4n) is 3.14. The molecule has 0 radical (unpaired) electrons. The second kappa shape index (κ2) is 9.28. The van der Waals surface area contributed by atoms with Gasteiger partial charge in [0.1, 0.15) is 17.1 Å². The average molecular weight is 436 g/mol. The number of pyridine rings is 1. The zero-order valence-corrected chi connectivity index (χ0v) is 16.8. The van der Waals surface area contributed by atoms with Crippen LogP contribution in [0.4, 0.5) is 4.39 Å². The van der Waals surface area contributed by atoms with Gasteiger partial charge in [-0.25, -0.2) is 9.37 Å². The Labute approximate surface area is 167 Å². The van der Waals surface area contributed by atoms with Crippen molar-refractivity contribution in [2.24, 2.45) is 5.92 Å². The maximum absolute atomic E-state index is 13.2. The highest BCUT2D eigenvalue weighted by Gasteiger charge is 2.18. The van der Waals surface area contributed by atoms with E-state index in [4.69, 9.17) is 4.74 Å². The predicted octanol–water partition coefficient (Wildman–Crippen LogP) is 4.24. The van der Waals surface area contributed by atoms with E-state index < -0.39 is 0 Å². The Balaban J connectivity index is 1.60. The molecule has 2 aromatic rings. The third-order valence-corrected chi connectivity index (χ3v) is 5.41. The summed E-state index contributed by atoms with van der Waals surface area (Å²) in [6.07, 6.45) is 4.88. The minimum Gasteiger partial charge on any atom is -0.437 e. The van der Waals surface area contributed by atoms with Crippen LogP contribution in [0, 0.1) is 11.7 Å². The summed E-state index contributed by atoms with van der Waals surface area (Å²) in [5.74, 6) is 0.657. The minimum atomic E-state index is -0.373. The second-order valence-electron chi connectivity index (χ2n) is 6.82. The van der Waals surface area contributed by atoms with Gasteiger partial charge in [-0.15, -0.1) is 0 Å². The number of nitrogens with one attached hydrogen (secondary N) is 1. The van der Waals surface area contributed by atoms with Crippen molar-refractivity contribution in [1.29, 1.82) is 0 Å².